The molecule has 1 amide bonds. The van der Waals surface area contributed by atoms with Gasteiger partial charge in [0.25, 0.3) is 0 Å². The molecule has 2 rings (SSSR count). The third-order valence-corrected chi connectivity index (χ3v) is 3.16. The molecule has 1 aliphatic rings. The molecule has 6 heteroatoms. The number of rotatable bonds is 6. The molecule has 1 aliphatic heterocycles. The molecule has 2 N–H and O–H groups in total. The van der Waals surface area contributed by atoms with Crippen molar-refractivity contribution < 1.29 is 14.3 Å². The lowest BCUT2D eigenvalue weighted by Crippen LogP contribution is -2.34. The van der Waals surface area contributed by atoms with Crippen molar-refractivity contribution in [2.45, 2.75) is 18.9 Å². The van der Waals surface area contributed by atoms with E-state index in [1.165, 1.54) is 0 Å². The van der Waals surface area contributed by atoms with Gasteiger partial charge in [-0.2, -0.15) is 5.26 Å². The third-order valence-electron chi connectivity index (χ3n) is 3.16. The van der Waals surface area contributed by atoms with Crippen molar-refractivity contribution in [3.05, 3.63) is 24.3 Å². The normalized spacial score (nSPS) is 15.2. The number of ether oxygens (including phenoxy) is 2. The van der Waals surface area contributed by atoms with E-state index in [2.05, 4.69) is 10.6 Å². The van der Waals surface area contributed by atoms with Crippen LogP contribution in [-0.2, 0) is 9.53 Å². The second-order valence-electron chi connectivity index (χ2n) is 4.78. The number of hydrogen-bond acceptors (Lipinski definition) is 5. The van der Waals surface area contributed by atoms with E-state index in [1.54, 1.807) is 24.3 Å². The molecule has 1 saturated heterocycles. The summed E-state index contributed by atoms with van der Waals surface area (Å²) >= 11 is 0. The summed E-state index contributed by atoms with van der Waals surface area (Å²) in [5.74, 6) is 0.361. The Morgan fingerprint density at radius 2 is 2.24 bits per heavy atom. The molecular weight excluding hydrogens is 270 g/mol. The molecule has 0 saturated carbocycles. The van der Waals surface area contributed by atoms with Gasteiger partial charge in [-0.3, -0.25) is 4.79 Å². The van der Waals surface area contributed by atoms with Crippen molar-refractivity contribution in [3.8, 4) is 11.8 Å². The van der Waals surface area contributed by atoms with Gasteiger partial charge in [-0.1, -0.05) is 6.07 Å². The molecule has 0 aliphatic carbocycles. The number of carbonyl (C=O) groups is 1. The summed E-state index contributed by atoms with van der Waals surface area (Å²) in [5, 5.41) is 14.5. The summed E-state index contributed by atoms with van der Waals surface area (Å²) in [6.07, 6.45) is 2.03. The fourth-order valence-corrected chi connectivity index (χ4v) is 2.13. The van der Waals surface area contributed by atoms with Crippen molar-refractivity contribution in [1.29, 1.82) is 5.26 Å². The van der Waals surface area contributed by atoms with Gasteiger partial charge < -0.3 is 20.1 Å². The number of hydrogen-bond donors (Lipinski definition) is 2. The molecule has 0 aromatic heterocycles. The molecule has 1 aromatic carbocycles. The molecule has 0 atom stereocenters. The molecule has 0 spiro atoms. The minimum absolute atomic E-state index is 0.0176. The number of benzene rings is 1. The molecule has 112 valence electrons. The summed E-state index contributed by atoms with van der Waals surface area (Å²) in [5.41, 5.74) is 0.629. The maximum Gasteiger partial charge on any atom is 0.250 e. The second-order valence-corrected chi connectivity index (χ2v) is 4.78. The first-order valence-electron chi connectivity index (χ1n) is 7.00. The van der Waals surface area contributed by atoms with Crippen LogP contribution in [0.3, 0.4) is 0 Å². The smallest absolute Gasteiger partial charge is 0.250 e. The first-order valence-corrected chi connectivity index (χ1v) is 7.00. The third kappa shape index (κ3) is 5.42. The Bertz CT molecular complexity index is 507. The van der Waals surface area contributed by atoms with E-state index in [4.69, 9.17) is 14.7 Å². The zero-order chi connectivity index (χ0) is 14.9. The summed E-state index contributed by atoms with van der Waals surface area (Å²) in [6.45, 7) is 1.90. The Morgan fingerprint density at radius 1 is 1.43 bits per heavy atom. The van der Waals surface area contributed by atoms with Gasteiger partial charge in [0.2, 0.25) is 5.91 Å². The first kappa shape index (κ1) is 15.3. The average molecular weight is 289 g/mol. The minimum atomic E-state index is -0.189. The predicted molar refractivity (Wildman–Crippen MR) is 78.0 cm³/mol. The molecule has 21 heavy (non-hydrogen) atoms. The quantitative estimate of drug-likeness (QED) is 0.824. The standard InChI is InChI=1S/C15H19N3O3/c16-6-9-20-14-3-1-2-12(10-14)18-15(19)11-21-13-4-7-17-8-5-13/h1-3,10,13,17H,4-5,7-9,11H2,(H,18,19). The summed E-state index contributed by atoms with van der Waals surface area (Å²) in [6, 6.07) is 8.84. The van der Waals surface area contributed by atoms with Gasteiger partial charge in [-0.25, -0.2) is 0 Å². The van der Waals surface area contributed by atoms with Crippen LogP contribution in [0.4, 0.5) is 5.69 Å². The highest BCUT2D eigenvalue weighted by molar-refractivity contribution is 5.91. The topological polar surface area (TPSA) is 83.4 Å². The minimum Gasteiger partial charge on any atom is -0.479 e. The number of carbonyl (C=O) groups excluding carboxylic acids is 1. The van der Waals surface area contributed by atoms with Gasteiger partial charge in [0.05, 0.1) is 6.10 Å². The molecule has 0 radical (unpaired) electrons. The van der Waals surface area contributed by atoms with Crippen molar-refractivity contribution in [2.75, 3.05) is 31.6 Å². The first-order chi connectivity index (χ1) is 10.3. The maximum atomic E-state index is 11.8. The van der Waals surface area contributed by atoms with Crippen molar-refractivity contribution in [1.82, 2.24) is 5.32 Å². The van der Waals surface area contributed by atoms with Crippen LogP contribution in [0.15, 0.2) is 24.3 Å². The van der Waals surface area contributed by atoms with Crippen LogP contribution < -0.4 is 15.4 Å². The fourth-order valence-electron chi connectivity index (χ4n) is 2.13. The summed E-state index contributed by atoms with van der Waals surface area (Å²) < 4.78 is 10.8. The van der Waals surface area contributed by atoms with E-state index >= 15 is 0 Å². The highest BCUT2D eigenvalue weighted by atomic mass is 16.5. The number of anilines is 1. The Hall–Kier alpha value is -2.10. The number of nitrogens with one attached hydrogen (secondary N) is 2. The van der Waals surface area contributed by atoms with Crippen LogP contribution in [-0.4, -0.2) is 38.3 Å². The van der Waals surface area contributed by atoms with Gasteiger partial charge in [0.1, 0.15) is 18.4 Å². The maximum absolute atomic E-state index is 11.8. The van der Waals surface area contributed by atoms with E-state index in [0.717, 1.165) is 25.9 Å². The summed E-state index contributed by atoms with van der Waals surface area (Å²) in [7, 11) is 0. The van der Waals surface area contributed by atoms with Crippen LogP contribution in [0.1, 0.15) is 12.8 Å². The SMILES string of the molecule is N#CCOc1cccc(NC(=O)COC2CCNCC2)c1. The lowest BCUT2D eigenvalue weighted by Gasteiger charge is -2.22. The van der Waals surface area contributed by atoms with Crippen molar-refractivity contribution in [2.24, 2.45) is 0 Å². The lowest BCUT2D eigenvalue weighted by atomic mass is 10.1. The lowest BCUT2D eigenvalue weighted by molar-refractivity contribution is -0.123. The van der Waals surface area contributed by atoms with Gasteiger partial charge >= 0.3 is 0 Å². The Labute approximate surface area is 124 Å². The number of nitrogens with zero attached hydrogens (tertiary/aromatic N) is 1. The fraction of sp³-hybridized carbons (Fsp3) is 0.467. The van der Waals surface area contributed by atoms with Crippen molar-refractivity contribution in [3.63, 3.8) is 0 Å². The Balaban J connectivity index is 1.77. The van der Waals surface area contributed by atoms with E-state index in [9.17, 15) is 4.79 Å². The van der Waals surface area contributed by atoms with E-state index in [-0.39, 0.29) is 25.2 Å². The molecule has 1 fully saturated rings. The van der Waals surface area contributed by atoms with Crippen LogP contribution in [0, 0.1) is 11.3 Å². The second kappa shape index (κ2) is 8.25. The van der Waals surface area contributed by atoms with Gasteiger partial charge in [0.15, 0.2) is 6.61 Å². The zero-order valence-electron chi connectivity index (χ0n) is 11.8. The van der Waals surface area contributed by atoms with Gasteiger partial charge in [-0.05, 0) is 38.1 Å². The Kier molecular flexibility index (Phi) is 6.00. The van der Waals surface area contributed by atoms with Gasteiger partial charge in [-0.15, -0.1) is 0 Å². The van der Waals surface area contributed by atoms with Crippen molar-refractivity contribution >= 4 is 11.6 Å². The number of amides is 1. The average Bonchev–Trinajstić information content (AvgIpc) is 2.52. The van der Waals surface area contributed by atoms with E-state index in [1.807, 2.05) is 6.07 Å². The Morgan fingerprint density at radius 3 is 3.00 bits per heavy atom. The molecule has 0 bridgehead atoms. The highest BCUT2D eigenvalue weighted by Gasteiger charge is 2.14. The van der Waals surface area contributed by atoms with Crippen LogP contribution in [0.2, 0.25) is 0 Å². The number of piperidine rings is 1. The largest absolute Gasteiger partial charge is 0.479 e. The van der Waals surface area contributed by atoms with Crippen LogP contribution in [0.25, 0.3) is 0 Å². The summed E-state index contributed by atoms with van der Waals surface area (Å²) in [4.78, 5) is 11.8. The molecular formula is C15H19N3O3. The molecule has 1 aromatic rings. The zero-order valence-corrected chi connectivity index (χ0v) is 11.8. The molecule has 6 nitrogen and oxygen atoms in total. The number of nitriles is 1. The molecule has 1 heterocycles. The van der Waals surface area contributed by atoms with Crippen LogP contribution >= 0.6 is 0 Å². The highest BCUT2D eigenvalue weighted by Crippen LogP contribution is 2.17. The van der Waals surface area contributed by atoms with E-state index in [0.29, 0.717) is 11.4 Å². The molecule has 0 unspecified atom stereocenters. The van der Waals surface area contributed by atoms with Gasteiger partial charge in [0, 0.05) is 11.8 Å². The van der Waals surface area contributed by atoms with Crippen LogP contribution in [0.5, 0.6) is 5.75 Å². The van der Waals surface area contributed by atoms with E-state index < -0.39 is 0 Å². The monoisotopic (exact) mass is 289 g/mol. The predicted octanol–water partition coefficient (Wildman–Crippen LogP) is 1.30.